The molecule has 0 radical (unpaired) electrons. The number of ether oxygens (including phenoxy) is 1. The van der Waals surface area contributed by atoms with Gasteiger partial charge in [0.1, 0.15) is 0 Å². The third kappa shape index (κ3) is 18.5. The summed E-state index contributed by atoms with van der Waals surface area (Å²) in [6.07, 6.45) is 0. The van der Waals surface area contributed by atoms with E-state index >= 15 is 0 Å². The highest BCUT2D eigenvalue weighted by molar-refractivity contribution is 6.28. The van der Waals surface area contributed by atoms with E-state index in [0.717, 1.165) is 6.54 Å². The fourth-order valence-electron chi connectivity index (χ4n) is 0.269. The molecule has 0 amide bonds. The van der Waals surface area contributed by atoms with Crippen LogP contribution in [0.5, 0.6) is 0 Å². The number of halogens is 1. The van der Waals surface area contributed by atoms with Crippen LogP contribution in [0, 0.1) is 0 Å². The van der Waals surface area contributed by atoms with Crippen LogP contribution in [0.1, 0.15) is 6.92 Å². The van der Waals surface area contributed by atoms with Crippen LogP contribution in [-0.4, -0.2) is 42.8 Å². The van der Waals surface area contributed by atoms with Crippen molar-refractivity contribution in [3.63, 3.8) is 0 Å². The number of aliphatic hydroxyl groups excluding tert-OH is 1. The fourth-order valence-corrected chi connectivity index (χ4v) is 0.269. The first-order valence-electron chi connectivity index (χ1n) is 3.89. The maximum Gasteiger partial charge on any atom is 0.0977 e. The molecule has 0 saturated heterocycles. The lowest BCUT2D eigenvalue weighted by Gasteiger charge is -1.98. The molecule has 0 aromatic heterocycles. The molecule has 0 saturated carbocycles. The topological polar surface area (TPSA) is 97.2 Å². The molecule has 4 N–H and O–H groups in total. The molecular weight excluding hydrogens is 198 g/mol. The van der Waals surface area contributed by atoms with Gasteiger partial charge in [0.2, 0.25) is 0 Å². The van der Waals surface area contributed by atoms with Gasteiger partial charge in [0, 0.05) is 0 Å². The second-order valence-corrected chi connectivity index (χ2v) is 2.78. The van der Waals surface area contributed by atoms with E-state index in [2.05, 4.69) is 5.73 Å². The first-order valence-corrected chi connectivity index (χ1v) is 4.32. The Balaban J connectivity index is 0. The Morgan fingerprint density at radius 3 is 2.38 bits per heavy atom. The van der Waals surface area contributed by atoms with Gasteiger partial charge >= 0.3 is 0 Å². The van der Waals surface area contributed by atoms with Gasteiger partial charge in [-0.1, -0.05) is 0 Å². The van der Waals surface area contributed by atoms with E-state index in [0.29, 0.717) is 13.2 Å². The molecule has 1 unspecified atom stereocenters. The van der Waals surface area contributed by atoms with Crippen molar-refractivity contribution >= 4 is 17.6 Å². The van der Waals surface area contributed by atoms with Gasteiger partial charge in [-0.05, 0) is 6.92 Å². The van der Waals surface area contributed by atoms with Crippen LogP contribution < -0.4 is 10.8 Å². The van der Waals surface area contributed by atoms with E-state index in [1.807, 2.05) is 0 Å². The SMILES string of the molecule is CC(Cl)C(=O)[O-].[NH3+]CCOCCO. The van der Waals surface area contributed by atoms with E-state index < -0.39 is 11.3 Å². The van der Waals surface area contributed by atoms with E-state index in [1.165, 1.54) is 6.92 Å². The molecule has 0 aromatic rings. The zero-order chi connectivity index (χ0) is 10.7. The number of hydrogen-bond acceptors (Lipinski definition) is 4. The van der Waals surface area contributed by atoms with Crippen LogP contribution in [-0.2, 0) is 9.53 Å². The molecule has 1 atom stereocenters. The molecule has 0 rings (SSSR count). The summed E-state index contributed by atoms with van der Waals surface area (Å²) in [5.41, 5.74) is 3.55. The van der Waals surface area contributed by atoms with Crippen molar-refractivity contribution in [2.75, 3.05) is 26.4 Å². The molecule has 0 spiro atoms. The second-order valence-electron chi connectivity index (χ2n) is 2.12. The third-order valence-corrected chi connectivity index (χ3v) is 1.03. The number of carbonyl (C=O) groups excluding carboxylic acids is 1. The predicted octanol–water partition coefficient (Wildman–Crippen LogP) is -2.40. The molecule has 6 heteroatoms. The van der Waals surface area contributed by atoms with Crippen molar-refractivity contribution in [1.29, 1.82) is 0 Å². The Morgan fingerprint density at radius 1 is 1.69 bits per heavy atom. The number of carboxylic acid groups (broad SMARTS) is 1. The average molecular weight is 214 g/mol. The number of aliphatic hydroxyl groups is 1. The number of aliphatic carboxylic acids is 1. The van der Waals surface area contributed by atoms with Crippen LogP contribution in [0.2, 0.25) is 0 Å². The summed E-state index contributed by atoms with van der Waals surface area (Å²) < 4.78 is 4.82. The Labute approximate surface area is 82.4 Å². The lowest BCUT2D eigenvalue weighted by molar-refractivity contribution is -0.374. The van der Waals surface area contributed by atoms with Crippen LogP contribution in [0.4, 0.5) is 0 Å². The molecule has 0 aliphatic rings. The Morgan fingerprint density at radius 2 is 2.15 bits per heavy atom. The summed E-state index contributed by atoms with van der Waals surface area (Å²) in [5, 5.41) is 16.7. The largest absolute Gasteiger partial charge is 0.549 e. The van der Waals surface area contributed by atoms with E-state index in [4.69, 9.17) is 21.4 Å². The highest BCUT2D eigenvalue weighted by Crippen LogP contribution is 1.86. The predicted molar refractivity (Wildman–Crippen MR) is 46.0 cm³/mol. The fraction of sp³-hybridized carbons (Fsp3) is 0.857. The monoisotopic (exact) mass is 213 g/mol. The van der Waals surface area contributed by atoms with Crippen molar-refractivity contribution < 1.29 is 25.5 Å². The van der Waals surface area contributed by atoms with Crippen molar-refractivity contribution in [2.24, 2.45) is 0 Å². The van der Waals surface area contributed by atoms with Crippen LogP contribution >= 0.6 is 11.6 Å². The Bertz CT molecular complexity index is 117. The molecule has 0 aliphatic carbocycles. The molecule has 0 aliphatic heterocycles. The first kappa shape index (κ1) is 15.1. The van der Waals surface area contributed by atoms with Gasteiger partial charge < -0.3 is 25.5 Å². The van der Waals surface area contributed by atoms with Gasteiger partial charge in [0.25, 0.3) is 0 Å². The summed E-state index contributed by atoms with van der Waals surface area (Å²) in [5.74, 6) is -1.23. The summed E-state index contributed by atoms with van der Waals surface area (Å²) in [7, 11) is 0. The summed E-state index contributed by atoms with van der Waals surface area (Å²) in [6.45, 7) is 3.33. The van der Waals surface area contributed by atoms with Gasteiger partial charge in [0.15, 0.2) is 0 Å². The zero-order valence-electron chi connectivity index (χ0n) is 7.66. The van der Waals surface area contributed by atoms with Gasteiger partial charge in [-0.15, -0.1) is 11.6 Å². The second kappa shape index (κ2) is 11.6. The van der Waals surface area contributed by atoms with Gasteiger partial charge in [0.05, 0.1) is 37.7 Å². The van der Waals surface area contributed by atoms with E-state index in [1.54, 1.807) is 0 Å². The molecule has 80 valence electrons. The van der Waals surface area contributed by atoms with Gasteiger partial charge in [-0.2, -0.15) is 0 Å². The number of carbonyl (C=O) groups is 1. The lowest BCUT2D eigenvalue weighted by Crippen LogP contribution is -2.52. The maximum absolute atomic E-state index is 9.46. The molecule has 0 fully saturated rings. The van der Waals surface area contributed by atoms with Crippen LogP contribution in [0.25, 0.3) is 0 Å². The first-order chi connectivity index (χ1) is 6.06. The number of hydrogen-bond donors (Lipinski definition) is 2. The quantitative estimate of drug-likeness (QED) is 0.393. The van der Waals surface area contributed by atoms with E-state index in [-0.39, 0.29) is 6.61 Å². The number of quaternary nitrogens is 1. The summed E-state index contributed by atoms with van der Waals surface area (Å²) >= 11 is 4.95. The van der Waals surface area contributed by atoms with Crippen molar-refractivity contribution in [3.05, 3.63) is 0 Å². The minimum absolute atomic E-state index is 0.111. The Kier molecular flexibility index (Phi) is 13.5. The van der Waals surface area contributed by atoms with Crippen molar-refractivity contribution in [2.45, 2.75) is 12.3 Å². The minimum atomic E-state index is -1.23. The average Bonchev–Trinajstić information content (AvgIpc) is 2.06. The number of rotatable bonds is 5. The molecule has 0 heterocycles. The molecule has 5 nitrogen and oxygen atoms in total. The Hall–Kier alpha value is -0.360. The summed E-state index contributed by atoms with van der Waals surface area (Å²) in [4.78, 5) is 9.46. The summed E-state index contributed by atoms with van der Waals surface area (Å²) in [6, 6.07) is 0. The van der Waals surface area contributed by atoms with E-state index in [9.17, 15) is 9.90 Å². The molecule has 13 heavy (non-hydrogen) atoms. The third-order valence-electron chi connectivity index (χ3n) is 0.849. The molecule has 0 aromatic carbocycles. The van der Waals surface area contributed by atoms with Crippen molar-refractivity contribution in [3.8, 4) is 0 Å². The minimum Gasteiger partial charge on any atom is -0.549 e. The molecular formula is C7H16ClNO4. The smallest absolute Gasteiger partial charge is 0.0977 e. The maximum atomic E-state index is 9.46. The van der Waals surface area contributed by atoms with Crippen molar-refractivity contribution in [1.82, 2.24) is 0 Å². The highest BCUT2D eigenvalue weighted by Gasteiger charge is 1.90. The van der Waals surface area contributed by atoms with Crippen LogP contribution in [0.15, 0.2) is 0 Å². The molecule has 0 bridgehead atoms. The normalized spacial score (nSPS) is 11.4. The zero-order valence-corrected chi connectivity index (χ0v) is 8.42. The van der Waals surface area contributed by atoms with Crippen LogP contribution in [0.3, 0.4) is 0 Å². The number of alkyl halides is 1. The standard InChI is InChI=1S/C4H11NO2.C3H5ClO2/c5-1-3-7-4-2-6;1-2(4)3(5)6/h6H,1-5H2;2H,1H3,(H,5,6). The lowest BCUT2D eigenvalue weighted by atomic mass is 10.5. The highest BCUT2D eigenvalue weighted by atomic mass is 35.5. The number of carboxylic acids is 1. The van der Waals surface area contributed by atoms with Gasteiger partial charge in [-0.25, -0.2) is 0 Å². The van der Waals surface area contributed by atoms with Gasteiger partial charge in [-0.3, -0.25) is 0 Å².